The molecule has 0 amide bonds. The van der Waals surface area contributed by atoms with E-state index >= 15 is 0 Å². The van der Waals surface area contributed by atoms with E-state index in [0.717, 1.165) is 6.42 Å². The summed E-state index contributed by atoms with van der Waals surface area (Å²) < 4.78 is 0. The van der Waals surface area contributed by atoms with E-state index in [1.807, 2.05) is 25.9 Å². The largest absolute Gasteiger partial charge is 0.286 e. The van der Waals surface area contributed by atoms with Crippen molar-refractivity contribution in [3.63, 3.8) is 0 Å². The Morgan fingerprint density at radius 1 is 1.62 bits per heavy atom. The molecular formula is C5H14N2O. The molecule has 3 nitrogen and oxygen atoms in total. The summed E-state index contributed by atoms with van der Waals surface area (Å²) in [5.74, 6) is 4.94. The van der Waals surface area contributed by atoms with Gasteiger partial charge in [-0.05, 0) is 20.5 Å². The Balaban J connectivity index is 3.35. The summed E-state index contributed by atoms with van der Waals surface area (Å²) in [6.45, 7) is 2.03. The Labute approximate surface area is 50.4 Å². The summed E-state index contributed by atoms with van der Waals surface area (Å²) >= 11 is 0. The highest BCUT2D eigenvalue weighted by Gasteiger charge is 2.04. The highest BCUT2D eigenvalue weighted by atomic mass is 16.6. The lowest BCUT2D eigenvalue weighted by atomic mass is 10.4. The fourth-order valence-electron chi connectivity index (χ4n) is 0.583. The van der Waals surface area contributed by atoms with Gasteiger partial charge in [-0.25, -0.2) is 5.90 Å². The Hall–Kier alpha value is -0.120. The summed E-state index contributed by atoms with van der Waals surface area (Å²) in [6, 6.07) is 0. The molecule has 0 aliphatic heterocycles. The third-order valence-electron chi connectivity index (χ3n) is 1.08. The molecule has 2 N–H and O–H groups in total. The van der Waals surface area contributed by atoms with Crippen molar-refractivity contribution in [2.45, 2.75) is 19.6 Å². The van der Waals surface area contributed by atoms with Gasteiger partial charge in [0.05, 0.1) is 0 Å². The van der Waals surface area contributed by atoms with Crippen molar-refractivity contribution in [1.82, 2.24) is 4.90 Å². The zero-order valence-corrected chi connectivity index (χ0v) is 5.72. The van der Waals surface area contributed by atoms with Crippen LogP contribution in [0, 0.1) is 0 Å². The van der Waals surface area contributed by atoms with E-state index in [-0.39, 0.29) is 6.23 Å². The third-order valence-corrected chi connectivity index (χ3v) is 1.08. The van der Waals surface area contributed by atoms with Crippen molar-refractivity contribution in [1.29, 1.82) is 0 Å². The lowest BCUT2D eigenvalue weighted by Gasteiger charge is -2.19. The van der Waals surface area contributed by atoms with Crippen molar-refractivity contribution < 1.29 is 4.84 Å². The maximum Gasteiger partial charge on any atom is 0.131 e. The van der Waals surface area contributed by atoms with Crippen LogP contribution < -0.4 is 5.90 Å². The molecule has 0 aromatic carbocycles. The molecular weight excluding hydrogens is 104 g/mol. The van der Waals surface area contributed by atoms with Gasteiger partial charge in [-0.1, -0.05) is 6.92 Å². The predicted octanol–water partition coefficient (Wildman–Crippen LogP) is 0.174. The summed E-state index contributed by atoms with van der Waals surface area (Å²) in [4.78, 5) is 6.52. The van der Waals surface area contributed by atoms with E-state index in [2.05, 4.69) is 4.84 Å². The maximum absolute atomic E-state index is 4.94. The standard InChI is InChI=1S/C5H14N2O/c1-4-5(8-6)7(2)3/h5H,4,6H2,1-3H3. The summed E-state index contributed by atoms with van der Waals surface area (Å²) in [6.07, 6.45) is 0.985. The molecule has 0 spiro atoms. The van der Waals surface area contributed by atoms with Gasteiger partial charge >= 0.3 is 0 Å². The molecule has 0 rings (SSSR count). The predicted molar refractivity (Wildman–Crippen MR) is 33.0 cm³/mol. The van der Waals surface area contributed by atoms with Crippen LogP contribution >= 0.6 is 0 Å². The summed E-state index contributed by atoms with van der Waals surface area (Å²) in [7, 11) is 3.86. The zero-order valence-electron chi connectivity index (χ0n) is 5.72. The van der Waals surface area contributed by atoms with Crippen LogP contribution in [0.2, 0.25) is 0 Å². The second-order valence-corrected chi connectivity index (χ2v) is 1.96. The van der Waals surface area contributed by atoms with Crippen LogP contribution in [0.4, 0.5) is 0 Å². The van der Waals surface area contributed by atoms with E-state index in [1.54, 1.807) is 0 Å². The van der Waals surface area contributed by atoms with Gasteiger partial charge in [0, 0.05) is 0 Å². The van der Waals surface area contributed by atoms with Crippen molar-refractivity contribution in [2.75, 3.05) is 14.1 Å². The first-order valence-corrected chi connectivity index (χ1v) is 2.74. The first kappa shape index (κ1) is 7.88. The van der Waals surface area contributed by atoms with Gasteiger partial charge in [-0.3, -0.25) is 9.74 Å². The number of hydrogen-bond acceptors (Lipinski definition) is 3. The van der Waals surface area contributed by atoms with Crippen molar-refractivity contribution in [3.05, 3.63) is 0 Å². The molecule has 0 aromatic rings. The summed E-state index contributed by atoms with van der Waals surface area (Å²) in [5, 5.41) is 0. The van der Waals surface area contributed by atoms with Crippen molar-refractivity contribution in [3.8, 4) is 0 Å². The van der Waals surface area contributed by atoms with Gasteiger partial charge in [0.25, 0.3) is 0 Å². The molecule has 0 aromatic heterocycles. The Bertz CT molecular complexity index is 52.4. The molecule has 0 radical (unpaired) electrons. The van der Waals surface area contributed by atoms with Crippen molar-refractivity contribution in [2.24, 2.45) is 5.90 Å². The molecule has 0 aliphatic carbocycles. The molecule has 50 valence electrons. The van der Waals surface area contributed by atoms with Gasteiger partial charge in [0.15, 0.2) is 0 Å². The lowest BCUT2D eigenvalue weighted by Crippen LogP contribution is -2.32. The van der Waals surface area contributed by atoms with Crippen LogP contribution in [0.1, 0.15) is 13.3 Å². The van der Waals surface area contributed by atoms with Crippen LogP contribution in [0.3, 0.4) is 0 Å². The second kappa shape index (κ2) is 3.83. The summed E-state index contributed by atoms with van der Waals surface area (Å²) in [5.41, 5.74) is 0. The molecule has 8 heavy (non-hydrogen) atoms. The molecule has 0 bridgehead atoms. The molecule has 0 saturated carbocycles. The first-order chi connectivity index (χ1) is 3.72. The van der Waals surface area contributed by atoms with Crippen LogP contribution in [-0.4, -0.2) is 25.2 Å². The van der Waals surface area contributed by atoms with E-state index < -0.39 is 0 Å². The SMILES string of the molecule is CCC(ON)N(C)C. The van der Waals surface area contributed by atoms with Gasteiger partial charge in [-0.2, -0.15) is 0 Å². The molecule has 1 unspecified atom stereocenters. The number of nitrogens with zero attached hydrogens (tertiary/aromatic N) is 1. The topological polar surface area (TPSA) is 38.5 Å². The number of hydrogen-bond donors (Lipinski definition) is 1. The van der Waals surface area contributed by atoms with Crippen LogP contribution in [0.5, 0.6) is 0 Å². The third kappa shape index (κ3) is 2.26. The first-order valence-electron chi connectivity index (χ1n) is 2.74. The fraction of sp³-hybridized carbons (Fsp3) is 1.00. The Morgan fingerprint density at radius 3 is 2.12 bits per heavy atom. The normalized spacial score (nSPS) is 14.6. The Morgan fingerprint density at radius 2 is 2.12 bits per heavy atom. The minimum absolute atomic E-state index is 0.0648. The van der Waals surface area contributed by atoms with E-state index in [9.17, 15) is 0 Å². The Kier molecular flexibility index (Phi) is 3.77. The molecule has 1 atom stereocenters. The minimum Gasteiger partial charge on any atom is -0.286 e. The number of rotatable bonds is 3. The zero-order chi connectivity index (χ0) is 6.57. The molecule has 0 fully saturated rings. The van der Waals surface area contributed by atoms with E-state index in [4.69, 9.17) is 5.90 Å². The maximum atomic E-state index is 4.94. The molecule has 3 heteroatoms. The van der Waals surface area contributed by atoms with Gasteiger partial charge < -0.3 is 0 Å². The van der Waals surface area contributed by atoms with E-state index in [1.165, 1.54) is 0 Å². The van der Waals surface area contributed by atoms with Crippen LogP contribution in [-0.2, 0) is 4.84 Å². The average molecular weight is 118 g/mol. The minimum atomic E-state index is 0.0648. The average Bonchev–Trinajstić information content (AvgIpc) is 1.69. The second-order valence-electron chi connectivity index (χ2n) is 1.96. The monoisotopic (exact) mass is 118 g/mol. The lowest BCUT2D eigenvalue weighted by molar-refractivity contribution is -0.0396. The van der Waals surface area contributed by atoms with Gasteiger partial charge in [0.1, 0.15) is 6.23 Å². The van der Waals surface area contributed by atoms with Gasteiger partial charge in [-0.15, -0.1) is 0 Å². The quantitative estimate of drug-likeness (QED) is 0.424. The molecule has 0 heterocycles. The number of nitrogens with two attached hydrogens (primary N) is 1. The van der Waals surface area contributed by atoms with Crippen molar-refractivity contribution >= 4 is 0 Å². The smallest absolute Gasteiger partial charge is 0.131 e. The van der Waals surface area contributed by atoms with E-state index in [0.29, 0.717) is 0 Å². The molecule has 0 aliphatic rings. The fourth-order valence-corrected chi connectivity index (χ4v) is 0.583. The highest BCUT2D eigenvalue weighted by molar-refractivity contribution is 4.46. The highest BCUT2D eigenvalue weighted by Crippen LogP contribution is 1.95. The van der Waals surface area contributed by atoms with Crippen LogP contribution in [0.25, 0.3) is 0 Å². The van der Waals surface area contributed by atoms with Gasteiger partial charge in [0.2, 0.25) is 0 Å². The van der Waals surface area contributed by atoms with Crippen LogP contribution in [0.15, 0.2) is 0 Å². The molecule has 0 saturated heterocycles.